The molecule has 0 fully saturated rings. The van der Waals surface area contributed by atoms with Crippen LogP contribution in [0.4, 0.5) is 5.69 Å². The van der Waals surface area contributed by atoms with Gasteiger partial charge in [0.05, 0.1) is 11.5 Å². The highest BCUT2D eigenvalue weighted by molar-refractivity contribution is 5.90. The lowest BCUT2D eigenvalue weighted by molar-refractivity contribution is -0.384. The fourth-order valence-corrected chi connectivity index (χ4v) is 2.28. The van der Waals surface area contributed by atoms with E-state index in [1.807, 2.05) is 6.92 Å². The topological polar surface area (TPSA) is 132 Å². The van der Waals surface area contributed by atoms with E-state index in [1.54, 1.807) is 0 Å². The normalized spacial score (nSPS) is 10.3. The second-order valence-corrected chi connectivity index (χ2v) is 6.14. The summed E-state index contributed by atoms with van der Waals surface area (Å²) in [5.41, 5.74) is 0.481. The summed E-state index contributed by atoms with van der Waals surface area (Å²) >= 11 is 0. The van der Waals surface area contributed by atoms with E-state index in [0.717, 1.165) is 11.3 Å². The molecule has 0 saturated heterocycles. The first kappa shape index (κ1) is 21.6. The van der Waals surface area contributed by atoms with Crippen molar-refractivity contribution in [3.8, 4) is 11.3 Å². The highest BCUT2D eigenvalue weighted by Crippen LogP contribution is 2.24. The van der Waals surface area contributed by atoms with E-state index in [9.17, 15) is 24.5 Å². The summed E-state index contributed by atoms with van der Waals surface area (Å²) in [6, 6.07) is 8.53. The monoisotopic (exact) mass is 403 g/mol. The average molecular weight is 403 g/mol. The van der Waals surface area contributed by atoms with Crippen LogP contribution in [0, 0.1) is 10.1 Å². The van der Waals surface area contributed by atoms with Gasteiger partial charge in [-0.05, 0) is 30.7 Å². The molecule has 1 N–H and O–H groups in total. The third-order valence-electron chi connectivity index (χ3n) is 3.88. The van der Waals surface area contributed by atoms with Crippen molar-refractivity contribution in [1.82, 2.24) is 10.2 Å². The number of rotatable bonds is 9. The molecule has 0 bridgehead atoms. The average Bonchev–Trinajstić information content (AvgIpc) is 3.20. The van der Waals surface area contributed by atoms with E-state index >= 15 is 0 Å². The molecule has 0 aliphatic heterocycles. The Kier molecular flexibility index (Phi) is 7.47. The number of non-ortho nitro benzene ring substituents is 1. The third kappa shape index (κ3) is 6.16. The lowest BCUT2D eigenvalue weighted by atomic mass is 10.1. The quantitative estimate of drug-likeness (QED) is 0.385. The maximum atomic E-state index is 12.1. The molecule has 10 heteroatoms. The second-order valence-electron chi connectivity index (χ2n) is 6.14. The highest BCUT2D eigenvalue weighted by Gasteiger charge is 2.18. The van der Waals surface area contributed by atoms with Gasteiger partial charge in [0.1, 0.15) is 5.76 Å². The number of furan rings is 1. The molecular formula is C19H21N3O7. The maximum Gasteiger partial charge on any atom is 0.374 e. The van der Waals surface area contributed by atoms with Crippen LogP contribution in [0.2, 0.25) is 0 Å². The van der Waals surface area contributed by atoms with Gasteiger partial charge >= 0.3 is 5.97 Å². The minimum absolute atomic E-state index is 0.0639. The Morgan fingerprint density at radius 3 is 2.48 bits per heavy atom. The van der Waals surface area contributed by atoms with E-state index in [-0.39, 0.29) is 23.9 Å². The van der Waals surface area contributed by atoms with Crippen molar-refractivity contribution >= 4 is 23.5 Å². The van der Waals surface area contributed by atoms with Crippen LogP contribution in [0.5, 0.6) is 0 Å². The summed E-state index contributed by atoms with van der Waals surface area (Å²) in [7, 11) is 1.43. The molecule has 2 rings (SSSR count). The van der Waals surface area contributed by atoms with Crippen molar-refractivity contribution in [2.75, 3.05) is 26.7 Å². The first-order valence-electron chi connectivity index (χ1n) is 8.84. The van der Waals surface area contributed by atoms with Gasteiger partial charge in [-0.2, -0.15) is 0 Å². The lowest BCUT2D eigenvalue weighted by Gasteiger charge is -2.16. The Hall–Kier alpha value is -3.69. The number of likely N-dealkylation sites (N-methyl/N-ethyl adjacent to an activating group) is 1. The van der Waals surface area contributed by atoms with Gasteiger partial charge in [0.15, 0.2) is 6.61 Å². The largest absolute Gasteiger partial charge is 0.450 e. The second kappa shape index (κ2) is 10.0. The van der Waals surface area contributed by atoms with E-state index in [1.165, 1.54) is 43.4 Å². The van der Waals surface area contributed by atoms with E-state index in [4.69, 9.17) is 9.15 Å². The predicted octanol–water partition coefficient (Wildman–Crippen LogP) is 2.00. The van der Waals surface area contributed by atoms with Crippen LogP contribution in [-0.2, 0) is 14.3 Å². The van der Waals surface area contributed by atoms with Crippen LogP contribution in [0.1, 0.15) is 23.9 Å². The van der Waals surface area contributed by atoms with E-state index < -0.39 is 23.4 Å². The number of nitro groups is 1. The van der Waals surface area contributed by atoms with Crippen LogP contribution < -0.4 is 5.32 Å². The third-order valence-corrected chi connectivity index (χ3v) is 3.88. The lowest BCUT2D eigenvalue weighted by Crippen LogP contribution is -2.40. The SMILES string of the molecule is CCCNC(=O)CN(C)C(=O)COC(=O)c1ccc(-c2ccc([N+](=O)[O-])cc2)o1. The summed E-state index contributed by atoms with van der Waals surface area (Å²) in [5, 5.41) is 13.3. The first-order chi connectivity index (χ1) is 13.8. The molecule has 10 nitrogen and oxygen atoms in total. The van der Waals surface area contributed by atoms with Gasteiger partial charge in [0.2, 0.25) is 11.7 Å². The number of hydrogen-bond acceptors (Lipinski definition) is 7. The van der Waals surface area contributed by atoms with Crippen LogP contribution in [0.25, 0.3) is 11.3 Å². The van der Waals surface area contributed by atoms with Crippen molar-refractivity contribution in [3.63, 3.8) is 0 Å². The molecule has 0 saturated carbocycles. The number of carbonyl (C=O) groups excluding carboxylic acids is 3. The molecule has 29 heavy (non-hydrogen) atoms. The Labute approximate surface area is 166 Å². The summed E-state index contributed by atoms with van der Waals surface area (Å²) in [6.45, 7) is 1.76. The number of nitrogens with zero attached hydrogens (tertiary/aromatic N) is 2. The predicted molar refractivity (Wildman–Crippen MR) is 102 cm³/mol. The minimum atomic E-state index is -0.838. The van der Waals surface area contributed by atoms with Gasteiger partial charge in [-0.15, -0.1) is 0 Å². The molecule has 2 aromatic rings. The molecule has 0 aliphatic rings. The summed E-state index contributed by atoms with van der Waals surface area (Å²) in [5.74, 6) is -1.47. The van der Waals surface area contributed by atoms with Gasteiger partial charge in [-0.1, -0.05) is 6.92 Å². The van der Waals surface area contributed by atoms with Crippen LogP contribution >= 0.6 is 0 Å². The van der Waals surface area contributed by atoms with Gasteiger partial charge in [0, 0.05) is 31.3 Å². The smallest absolute Gasteiger partial charge is 0.374 e. The fraction of sp³-hybridized carbons (Fsp3) is 0.316. The number of nitrogens with one attached hydrogen (secondary N) is 1. The highest BCUT2D eigenvalue weighted by atomic mass is 16.6. The van der Waals surface area contributed by atoms with Gasteiger partial charge in [0.25, 0.3) is 11.6 Å². The molecule has 1 aromatic carbocycles. The molecule has 0 unspecified atom stereocenters. The molecule has 1 heterocycles. The van der Waals surface area contributed by atoms with Crippen molar-refractivity contribution in [2.24, 2.45) is 0 Å². The molecule has 1 aromatic heterocycles. The zero-order chi connectivity index (χ0) is 21.4. The van der Waals surface area contributed by atoms with Gasteiger partial charge in [-0.3, -0.25) is 19.7 Å². The van der Waals surface area contributed by atoms with Crippen molar-refractivity contribution in [1.29, 1.82) is 0 Å². The number of carbonyl (C=O) groups is 3. The molecule has 2 amide bonds. The van der Waals surface area contributed by atoms with Gasteiger partial charge < -0.3 is 19.4 Å². The van der Waals surface area contributed by atoms with E-state index in [0.29, 0.717) is 17.9 Å². The molecule has 0 atom stereocenters. The molecular weight excluding hydrogens is 382 g/mol. The molecule has 0 radical (unpaired) electrons. The van der Waals surface area contributed by atoms with E-state index in [2.05, 4.69) is 5.32 Å². The number of nitro benzene ring substituents is 1. The number of esters is 1. The zero-order valence-corrected chi connectivity index (χ0v) is 16.0. The van der Waals surface area contributed by atoms with Crippen molar-refractivity contribution in [2.45, 2.75) is 13.3 Å². The Bertz CT molecular complexity index is 889. The Balaban J connectivity index is 1.89. The van der Waals surface area contributed by atoms with Crippen LogP contribution in [0.15, 0.2) is 40.8 Å². The Morgan fingerprint density at radius 1 is 1.17 bits per heavy atom. The molecule has 154 valence electrons. The molecule has 0 spiro atoms. The number of hydrogen-bond donors (Lipinski definition) is 1. The number of benzene rings is 1. The Morgan fingerprint density at radius 2 is 1.86 bits per heavy atom. The minimum Gasteiger partial charge on any atom is -0.450 e. The fourth-order valence-electron chi connectivity index (χ4n) is 2.28. The zero-order valence-electron chi connectivity index (χ0n) is 16.0. The number of amides is 2. The van der Waals surface area contributed by atoms with Gasteiger partial charge in [-0.25, -0.2) is 4.79 Å². The number of ether oxygens (including phenoxy) is 1. The summed E-state index contributed by atoms with van der Waals surface area (Å²) in [6.07, 6.45) is 0.784. The first-order valence-corrected chi connectivity index (χ1v) is 8.84. The molecule has 0 aliphatic carbocycles. The van der Waals surface area contributed by atoms with Crippen molar-refractivity contribution in [3.05, 3.63) is 52.3 Å². The van der Waals surface area contributed by atoms with Crippen LogP contribution in [0.3, 0.4) is 0 Å². The van der Waals surface area contributed by atoms with Crippen LogP contribution in [-0.4, -0.2) is 54.4 Å². The summed E-state index contributed by atoms with van der Waals surface area (Å²) in [4.78, 5) is 47.0. The maximum absolute atomic E-state index is 12.1. The summed E-state index contributed by atoms with van der Waals surface area (Å²) < 4.78 is 10.3. The van der Waals surface area contributed by atoms with Crippen molar-refractivity contribution < 1.29 is 28.5 Å². The standard InChI is InChI=1S/C19H21N3O7/c1-3-10-20-17(23)11-21(2)18(24)12-28-19(25)16-9-8-15(29-16)13-4-6-14(7-5-13)22(26)27/h4-9H,3,10-12H2,1-2H3,(H,20,23).